The molecule has 2 atom stereocenters. The van der Waals surface area contributed by atoms with Gasteiger partial charge in [-0.25, -0.2) is 0 Å². The van der Waals surface area contributed by atoms with Gasteiger partial charge in [0, 0.05) is 31.1 Å². The van der Waals surface area contributed by atoms with Crippen LogP contribution in [0.15, 0.2) is 18.2 Å². The number of nitrogens with one attached hydrogen (secondary N) is 2. The molecule has 2 heterocycles. The van der Waals surface area contributed by atoms with Crippen molar-refractivity contribution in [2.45, 2.75) is 57.3 Å². The second-order valence-corrected chi connectivity index (χ2v) is 8.21. The lowest BCUT2D eigenvalue weighted by Crippen LogP contribution is -2.52. The molecule has 6 heteroatoms. The van der Waals surface area contributed by atoms with Crippen LogP contribution in [0.2, 0.25) is 0 Å². The molecular weight excluding hydrogens is 330 g/mol. The average molecular weight is 353 g/mol. The van der Waals surface area contributed by atoms with Gasteiger partial charge in [-0.15, -0.1) is 0 Å². The van der Waals surface area contributed by atoms with Gasteiger partial charge < -0.3 is 10.2 Å². The Kier molecular flexibility index (Phi) is 3.64. The number of fused-ring (bicyclic) bond motifs is 2. The maximum absolute atomic E-state index is 12.7. The Morgan fingerprint density at radius 2 is 2.00 bits per heavy atom. The molecule has 5 aliphatic rings. The summed E-state index contributed by atoms with van der Waals surface area (Å²) in [5.74, 6) is 1.08. The van der Waals surface area contributed by atoms with Crippen LogP contribution < -0.4 is 10.6 Å². The van der Waals surface area contributed by atoms with Gasteiger partial charge in [-0.2, -0.15) is 0 Å². The third kappa shape index (κ3) is 2.55. The van der Waals surface area contributed by atoms with Gasteiger partial charge in [0.2, 0.25) is 11.8 Å². The molecule has 4 fully saturated rings. The van der Waals surface area contributed by atoms with Crippen LogP contribution in [-0.2, 0) is 22.7 Å². The molecule has 0 aromatic heterocycles. The van der Waals surface area contributed by atoms with Crippen molar-refractivity contribution in [1.29, 1.82) is 0 Å². The van der Waals surface area contributed by atoms with E-state index in [9.17, 15) is 14.4 Å². The Labute approximate surface area is 152 Å². The van der Waals surface area contributed by atoms with Crippen LogP contribution >= 0.6 is 0 Å². The van der Waals surface area contributed by atoms with Gasteiger partial charge in [0.1, 0.15) is 6.04 Å². The largest absolute Gasteiger partial charge is 0.322 e. The van der Waals surface area contributed by atoms with Gasteiger partial charge in [0.15, 0.2) is 0 Å². The summed E-state index contributed by atoms with van der Waals surface area (Å²) in [5, 5.41) is 6.02. The molecule has 3 saturated carbocycles. The molecule has 2 N–H and O–H groups in total. The van der Waals surface area contributed by atoms with Crippen molar-refractivity contribution in [3.8, 4) is 0 Å². The number of carbonyl (C=O) groups excluding carboxylic acids is 3. The highest BCUT2D eigenvalue weighted by molar-refractivity contribution is 6.05. The quantitative estimate of drug-likeness (QED) is 0.801. The molecule has 1 aromatic rings. The summed E-state index contributed by atoms with van der Waals surface area (Å²) in [4.78, 5) is 37.7. The van der Waals surface area contributed by atoms with Crippen LogP contribution in [0.4, 0.5) is 0 Å². The summed E-state index contributed by atoms with van der Waals surface area (Å²) in [6.07, 6.45) is 4.77. The molecule has 136 valence electrons. The van der Waals surface area contributed by atoms with E-state index in [1.54, 1.807) is 4.90 Å². The lowest BCUT2D eigenvalue weighted by Gasteiger charge is -2.29. The number of carbonyl (C=O) groups is 3. The Hall–Kier alpha value is -2.21. The summed E-state index contributed by atoms with van der Waals surface area (Å²) in [7, 11) is 0. The predicted molar refractivity (Wildman–Crippen MR) is 93.9 cm³/mol. The molecule has 0 radical (unpaired) electrons. The third-order valence-electron chi connectivity index (χ3n) is 6.58. The van der Waals surface area contributed by atoms with E-state index < -0.39 is 6.04 Å². The van der Waals surface area contributed by atoms with E-state index in [1.807, 2.05) is 12.1 Å². The molecule has 1 aromatic carbocycles. The molecule has 0 spiro atoms. The average Bonchev–Trinajstić information content (AvgIpc) is 3.25. The van der Waals surface area contributed by atoms with Gasteiger partial charge in [0.25, 0.3) is 5.91 Å². The zero-order valence-corrected chi connectivity index (χ0v) is 14.7. The number of amides is 3. The summed E-state index contributed by atoms with van der Waals surface area (Å²) >= 11 is 0. The molecule has 2 bridgehead atoms. The first-order valence-corrected chi connectivity index (χ1v) is 9.58. The SMILES string of the molecule is O=C1CCC(N2Cc3cc(CNC4CC5CC4C5)ccc3C2=O)C(=O)N1. The molecule has 26 heavy (non-hydrogen) atoms. The van der Waals surface area contributed by atoms with E-state index in [0.717, 1.165) is 23.9 Å². The van der Waals surface area contributed by atoms with E-state index in [0.29, 0.717) is 24.6 Å². The van der Waals surface area contributed by atoms with Crippen LogP contribution in [0.5, 0.6) is 0 Å². The normalized spacial score (nSPS) is 32.5. The number of benzene rings is 1. The fraction of sp³-hybridized carbons (Fsp3) is 0.550. The minimum Gasteiger partial charge on any atom is -0.322 e. The first-order chi connectivity index (χ1) is 12.6. The van der Waals surface area contributed by atoms with Gasteiger partial charge in [-0.05, 0) is 54.7 Å². The smallest absolute Gasteiger partial charge is 0.255 e. The Balaban J connectivity index is 1.27. The van der Waals surface area contributed by atoms with E-state index in [4.69, 9.17) is 0 Å². The van der Waals surface area contributed by atoms with Crippen molar-refractivity contribution < 1.29 is 14.4 Å². The van der Waals surface area contributed by atoms with Gasteiger partial charge in [-0.3, -0.25) is 19.7 Å². The second-order valence-electron chi connectivity index (χ2n) is 8.21. The highest BCUT2D eigenvalue weighted by atomic mass is 16.2. The minimum absolute atomic E-state index is 0.106. The number of hydrogen-bond donors (Lipinski definition) is 2. The van der Waals surface area contributed by atoms with Gasteiger partial charge in [0.05, 0.1) is 0 Å². The van der Waals surface area contributed by atoms with Crippen molar-refractivity contribution >= 4 is 17.7 Å². The Morgan fingerprint density at radius 3 is 2.73 bits per heavy atom. The minimum atomic E-state index is -0.542. The highest BCUT2D eigenvalue weighted by Crippen LogP contribution is 2.48. The van der Waals surface area contributed by atoms with Crippen molar-refractivity contribution in [3.63, 3.8) is 0 Å². The number of hydrogen-bond acceptors (Lipinski definition) is 4. The molecule has 3 aliphatic carbocycles. The number of nitrogens with zero attached hydrogens (tertiary/aromatic N) is 1. The third-order valence-corrected chi connectivity index (χ3v) is 6.58. The Morgan fingerprint density at radius 1 is 1.15 bits per heavy atom. The zero-order chi connectivity index (χ0) is 17.8. The van der Waals surface area contributed by atoms with Gasteiger partial charge in [-0.1, -0.05) is 12.1 Å². The monoisotopic (exact) mass is 353 g/mol. The predicted octanol–water partition coefficient (Wildman–Crippen LogP) is 1.34. The number of piperidine rings is 1. The second kappa shape index (κ2) is 5.91. The van der Waals surface area contributed by atoms with Crippen molar-refractivity contribution in [1.82, 2.24) is 15.5 Å². The molecule has 6 nitrogen and oxygen atoms in total. The molecule has 2 unspecified atom stereocenters. The first kappa shape index (κ1) is 16.0. The fourth-order valence-electron chi connectivity index (χ4n) is 5.10. The van der Waals surface area contributed by atoms with E-state index in [1.165, 1.54) is 24.8 Å². The van der Waals surface area contributed by atoms with Crippen molar-refractivity contribution in [2.24, 2.45) is 11.8 Å². The molecule has 6 rings (SSSR count). The topological polar surface area (TPSA) is 78.5 Å². The number of rotatable bonds is 4. The first-order valence-electron chi connectivity index (χ1n) is 9.58. The van der Waals surface area contributed by atoms with Crippen molar-refractivity contribution in [3.05, 3.63) is 34.9 Å². The summed E-state index contributed by atoms with van der Waals surface area (Å²) in [5.41, 5.74) is 2.85. The Bertz CT molecular complexity index is 799. The molecule has 2 aliphatic heterocycles. The van der Waals surface area contributed by atoms with E-state index in [2.05, 4.69) is 16.7 Å². The van der Waals surface area contributed by atoms with Crippen LogP contribution in [0.25, 0.3) is 0 Å². The standard InChI is InChI=1S/C20H23N3O3/c24-18-4-3-17(19(25)22-18)23-10-14-5-11(1-2-15(14)20(23)26)9-21-16-8-12-6-13(16)7-12/h1-2,5,12-13,16-17,21H,3-4,6-10H2,(H,22,24,25). The van der Waals surface area contributed by atoms with E-state index in [-0.39, 0.29) is 24.1 Å². The van der Waals surface area contributed by atoms with Crippen LogP contribution in [0.3, 0.4) is 0 Å². The van der Waals surface area contributed by atoms with Gasteiger partial charge >= 0.3 is 0 Å². The number of imide groups is 1. The molecular formula is C20H23N3O3. The summed E-state index contributed by atoms with van der Waals surface area (Å²) in [6, 6.07) is 6.09. The summed E-state index contributed by atoms with van der Waals surface area (Å²) < 4.78 is 0. The molecule has 1 saturated heterocycles. The zero-order valence-electron chi connectivity index (χ0n) is 14.7. The fourth-order valence-corrected chi connectivity index (χ4v) is 5.10. The lowest BCUT2D eigenvalue weighted by atomic mass is 9.84. The van der Waals surface area contributed by atoms with E-state index >= 15 is 0 Å². The molecule has 3 amide bonds. The summed E-state index contributed by atoms with van der Waals surface area (Å²) in [6.45, 7) is 1.27. The lowest BCUT2D eigenvalue weighted by molar-refractivity contribution is -0.136. The maximum Gasteiger partial charge on any atom is 0.255 e. The van der Waals surface area contributed by atoms with Crippen LogP contribution in [0.1, 0.15) is 53.6 Å². The van der Waals surface area contributed by atoms with Crippen molar-refractivity contribution in [2.75, 3.05) is 0 Å². The van der Waals surface area contributed by atoms with Crippen LogP contribution in [0, 0.1) is 11.8 Å². The highest BCUT2D eigenvalue weighted by Gasteiger charge is 2.44. The van der Waals surface area contributed by atoms with Crippen LogP contribution in [-0.4, -0.2) is 34.7 Å². The maximum atomic E-state index is 12.7.